The predicted octanol–water partition coefficient (Wildman–Crippen LogP) is 5.29. The smallest absolute Gasteiger partial charge is 0.338 e. The molecule has 1 fully saturated rings. The van der Waals surface area contributed by atoms with Crippen molar-refractivity contribution < 1.29 is 13.9 Å². The first-order valence-corrected chi connectivity index (χ1v) is 14.9. The molecule has 0 N–H and O–H groups in total. The van der Waals surface area contributed by atoms with Gasteiger partial charge in [-0.05, 0) is 55.7 Å². The maximum absolute atomic E-state index is 13.9. The van der Waals surface area contributed by atoms with E-state index in [9.17, 15) is 9.59 Å². The molecule has 2 aromatic heterocycles. The molecule has 0 saturated carbocycles. The number of aromatic nitrogens is 1. The van der Waals surface area contributed by atoms with E-state index in [1.807, 2.05) is 24.3 Å². The molecule has 0 aliphatic carbocycles. The standard InChI is InChI=1S/C31H37N3O4S/c1-5-10-24-27(30(36)37-6-2)28(22-13-11-21(12-14-22)20(3)4)34-29(35)25(39-31(34)32-24)19-23-15-16-26(38-23)33-17-8-7-9-18-33/h11-16,19-20,28H,5-10,17-18H2,1-4H3/b25-19-/t28-/m1/s1. The highest BCUT2D eigenvalue weighted by atomic mass is 32.1. The van der Waals surface area contributed by atoms with Crippen LogP contribution >= 0.6 is 11.3 Å². The molecular weight excluding hydrogens is 510 g/mol. The Morgan fingerprint density at radius 3 is 2.54 bits per heavy atom. The normalized spacial score (nSPS) is 17.9. The number of allylic oxidation sites excluding steroid dienone is 1. The second-order valence-corrected chi connectivity index (χ2v) is 11.5. The van der Waals surface area contributed by atoms with E-state index in [4.69, 9.17) is 14.1 Å². The monoisotopic (exact) mass is 547 g/mol. The van der Waals surface area contributed by atoms with Gasteiger partial charge in [0, 0.05) is 25.2 Å². The van der Waals surface area contributed by atoms with Crippen LogP contribution in [0.3, 0.4) is 0 Å². The van der Waals surface area contributed by atoms with Crippen molar-refractivity contribution in [2.75, 3.05) is 24.6 Å². The molecule has 8 heteroatoms. The van der Waals surface area contributed by atoms with Crippen LogP contribution in [0, 0.1) is 0 Å². The highest BCUT2D eigenvalue weighted by Crippen LogP contribution is 2.33. The van der Waals surface area contributed by atoms with Crippen molar-refractivity contribution in [2.45, 2.75) is 71.8 Å². The molecule has 1 saturated heterocycles. The van der Waals surface area contributed by atoms with Crippen molar-refractivity contribution in [3.05, 3.63) is 84.2 Å². The Bertz CT molecular complexity index is 1540. The molecule has 7 nitrogen and oxygen atoms in total. The number of furan rings is 1. The molecule has 0 spiro atoms. The first-order valence-electron chi connectivity index (χ1n) is 14.1. The number of hydrogen-bond acceptors (Lipinski definition) is 7. The van der Waals surface area contributed by atoms with E-state index in [1.54, 1.807) is 17.6 Å². The van der Waals surface area contributed by atoms with Crippen LogP contribution in [0.2, 0.25) is 0 Å². The lowest BCUT2D eigenvalue weighted by Crippen LogP contribution is -2.40. The number of hydrogen-bond donors (Lipinski definition) is 0. The number of benzene rings is 1. The molecule has 3 aromatic rings. The van der Waals surface area contributed by atoms with Crippen LogP contribution < -0.4 is 19.8 Å². The quantitative estimate of drug-likeness (QED) is 0.359. The predicted molar refractivity (Wildman–Crippen MR) is 155 cm³/mol. The summed E-state index contributed by atoms with van der Waals surface area (Å²) in [4.78, 5) is 35.0. The van der Waals surface area contributed by atoms with Crippen LogP contribution in [0.1, 0.15) is 88.6 Å². The van der Waals surface area contributed by atoms with Gasteiger partial charge >= 0.3 is 5.97 Å². The van der Waals surface area contributed by atoms with Crippen LogP contribution in [-0.2, 0) is 9.53 Å². The molecule has 0 unspecified atom stereocenters. The lowest BCUT2D eigenvalue weighted by Gasteiger charge is -2.26. The van der Waals surface area contributed by atoms with Crippen LogP contribution in [0.25, 0.3) is 6.08 Å². The van der Waals surface area contributed by atoms with E-state index in [0.717, 1.165) is 43.8 Å². The highest BCUT2D eigenvalue weighted by molar-refractivity contribution is 7.07. The molecule has 2 aliphatic rings. The molecule has 0 bridgehead atoms. The minimum absolute atomic E-state index is 0.190. The number of carbonyl (C=O) groups excluding carboxylic acids is 1. The van der Waals surface area contributed by atoms with Crippen LogP contribution in [0.15, 0.2) is 61.9 Å². The van der Waals surface area contributed by atoms with E-state index in [1.165, 1.54) is 23.3 Å². The van der Waals surface area contributed by atoms with E-state index in [-0.39, 0.29) is 12.2 Å². The summed E-state index contributed by atoms with van der Waals surface area (Å²) >= 11 is 1.33. The molecule has 1 atom stereocenters. The highest BCUT2D eigenvalue weighted by Gasteiger charge is 2.34. The van der Waals surface area contributed by atoms with E-state index < -0.39 is 12.0 Å². The molecule has 5 rings (SSSR count). The number of esters is 1. The third-order valence-electron chi connectivity index (χ3n) is 7.36. The second kappa shape index (κ2) is 11.8. The van der Waals surface area contributed by atoms with E-state index >= 15 is 0 Å². The number of fused-ring (bicyclic) bond motifs is 1. The zero-order valence-electron chi connectivity index (χ0n) is 23.2. The molecular formula is C31H37N3O4S. The van der Waals surface area contributed by atoms with Crippen molar-refractivity contribution in [2.24, 2.45) is 4.99 Å². The van der Waals surface area contributed by atoms with Gasteiger partial charge in [-0.15, -0.1) is 0 Å². The number of nitrogens with zero attached hydrogens (tertiary/aromatic N) is 3. The first-order chi connectivity index (χ1) is 18.9. The Hall–Kier alpha value is -3.39. The first kappa shape index (κ1) is 27.2. The number of carbonyl (C=O) groups is 1. The Balaban J connectivity index is 1.64. The minimum atomic E-state index is -0.606. The van der Waals surface area contributed by atoms with Gasteiger partial charge in [-0.3, -0.25) is 9.36 Å². The number of rotatable bonds is 8. The van der Waals surface area contributed by atoms with Gasteiger partial charge in [0.1, 0.15) is 5.76 Å². The molecule has 206 valence electrons. The lowest BCUT2D eigenvalue weighted by molar-refractivity contribution is -0.139. The van der Waals surface area contributed by atoms with Crippen molar-refractivity contribution in [1.29, 1.82) is 0 Å². The molecule has 1 aromatic carbocycles. The number of anilines is 1. The number of ether oxygens (including phenoxy) is 1. The Morgan fingerprint density at radius 1 is 1.13 bits per heavy atom. The zero-order chi connectivity index (χ0) is 27.5. The molecule has 4 heterocycles. The fourth-order valence-corrected chi connectivity index (χ4v) is 6.33. The Labute approximate surface area is 233 Å². The third kappa shape index (κ3) is 5.53. The van der Waals surface area contributed by atoms with Crippen molar-refractivity contribution >= 4 is 29.3 Å². The van der Waals surface area contributed by atoms with E-state index in [0.29, 0.717) is 38.7 Å². The average molecular weight is 548 g/mol. The molecule has 0 radical (unpaired) electrons. The average Bonchev–Trinajstić information content (AvgIpc) is 3.53. The zero-order valence-corrected chi connectivity index (χ0v) is 24.1. The minimum Gasteiger partial charge on any atom is -0.463 e. The Morgan fingerprint density at radius 2 is 1.87 bits per heavy atom. The molecule has 0 amide bonds. The van der Waals surface area contributed by atoms with Crippen LogP contribution in [-0.4, -0.2) is 30.2 Å². The summed E-state index contributed by atoms with van der Waals surface area (Å²) in [6.45, 7) is 10.4. The van der Waals surface area contributed by atoms with E-state index in [2.05, 4.69) is 37.8 Å². The topological polar surface area (TPSA) is 77.0 Å². The fraction of sp³-hybridized carbons (Fsp3) is 0.452. The lowest BCUT2D eigenvalue weighted by atomic mass is 9.92. The van der Waals surface area contributed by atoms with Gasteiger partial charge in [-0.2, -0.15) is 0 Å². The fourth-order valence-electron chi connectivity index (χ4n) is 5.33. The van der Waals surface area contributed by atoms with Crippen LogP contribution in [0.4, 0.5) is 5.88 Å². The van der Waals surface area contributed by atoms with Gasteiger partial charge in [0.15, 0.2) is 10.7 Å². The maximum Gasteiger partial charge on any atom is 0.338 e. The largest absolute Gasteiger partial charge is 0.463 e. The Kier molecular flexibility index (Phi) is 8.21. The van der Waals surface area contributed by atoms with Crippen LogP contribution in [0.5, 0.6) is 0 Å². The van der Waals surface area contributed by atoms with Gasteiger partial charge in [-0.25, -0.2) is 9.79 Å². The van der Waals surface area contributed by atoms with Gasteiger partial charge in [0.05, 0.1) is 28.5 Å². The van der Waals surface area contributed by atoms with Gasteiger partial charge in [0.2, 0.25) is 0 Å². The number of thiazole rings is 1. The van der Waals surface area contributed by atoms with Gasteiger partial charge in [-0.1, -0.05) is 62.8 Å². The SMILES string of the molecule is CCCC1=C(C(=O)OCC)[C@@H](c2ccc(C(C)C)cc2)n2c(s/c(=C\c3ccc(N4CCCCC4)o3)c2=O)=N1. The summed E-state index contributed by atoms with van der Waals surface area (Å²) < 4.78 is 13.8. The summed E-state index contributed by atoms with van der Waals surface area (Å²) in [7, 11) is 0. The van der Waals surface area contributed by atoms with Crippen molar-refractivity contribution in [3.63, 3.8) is 0 Å². The number of piperidine rings is 1. The van der Waals surface area contributed by atoms with Gasteiger partial charge in [0.25, 0.3) is 5.56 Å². The molecule has 39 heavy (non-hydrogen) atoms. The summed E-state index contributed by atoms with van der Waals surface area (Å²) in [5.74, 6) is 1.43. The van der Waals surface area contributed by atoms with Crippen molar-refractivity contribution in [1.82, 2.24) is 4.57 Å². The van der Waals surface area contributed by atoms with Crippen molar-refractivity contribution in [3.8, 4) is 0 Å². The summed E-state index contributed by atoms with van der Waals surface area (Å²) in [5, 5.41) is 0. The maximum atomic E-state index is 13.9. The third-order valence-corrected chi connectivity index (χ3v) is 8.35. The summed E-state index contributed by atoms with van der Waals surface area (Å²) in [6.07, 6.45) is 6.81. The summed E-state index contributed by atoms with van der Waals surface area (Å²) in [5.41, 5.74) is 3.00. The summed E-state index contributed by atoms with van der Waals surface area (Å²) in [6, 6.07) is 11.5. The molecule has 2 aliphatic heterocycles. The van der Waals surface area contributed by atoms with Gasteiger partial charge < -0.3 is 14.1 Å². The second-order valence-electron chi connectivity index (χ2n) is 10.5.